The molecule has 2 heteroatoms. The smallest absolute Gasteiger partial charge is 0.306 e. The molecule has 0 spiro atoms. The molecule has 0 heterocycles. The summed E-state index contributed by atoms with van der Waals surface area (Å²) in [5.74, 6) is -0.0724. The van der Waals surface area contributed by atoms with Gasteiger partial charge in [0.25, 0.3) is 0 Å². The monoisotopic (exact) mass is 144 g/mol. The van der Waals surface area contributed by atoms with Crippen LogP contribution >= 0.6 is 0 Å². The fourth-order valence-corrected chi connectivity index (χ4v) is 0.571. The number of esters is 1. The first kappa shape index (κ1) is 9.47. The molecular weight excluding hydrogens is 128 g/mol. The summed E-state index contributed by atoms with van der Waals surface area (Å²) < 4.78 is 5.00. The minimum Gasteiger partial charge on any atom is -0.463 e. The second kappa shape index (κ2) is 5.27. The molecular formula is C8H16O2. The Hall–Kier alpha value is -0.530. The van der Waals surface area contributed by atoms with Gasteiger partial charge in [-0.2, -0.15) is 0 Å². The predicted molar refractivity (Wildman–Crippen MR) is 40.8 cm³/mol. The first-order chi connectivity index (χ1) is 4.70. The van der Waals surface area contributed by atoms with Crippen molar-refractivity contribution in [3.8, 4) is 0 Å². The van der Waals surface area contributed by atoms with Crippen molar-refractivity contribution in [1.29, 1.82) is 0 Å². The highest BCUT2D eigenvalue weighted by molar-refractivity contribution is 5.69. The zero-order chi connectivity index (χ0) is 7.98. The van der Waals surface area contributed by atoms with Crippen LogP contribution in [0.4, 0.5) is 0 Å². The molecule has 60 valence electrons. The van der Waals surface area contributed by atoms with Gasteiger partial charge in [-0.15, -0.1) is 0 Å². The van der Waals surface area contributed by atoms with Crippen molar-refractivity contribution >= 4 is 5.97 Å². The van der Waals surface area contributed by atoms with Crippen LogP contribution in [0.15, 0.2) is 0 Å². The van der Waals surface area contributed by atoms with Crippen LogP contribution < -0.4 is 0 Å². The van der Waals surface area contributed by atoms with Crippen LogP contribution in [0.5, 0.6) is 0 Å². The van der Waals surface area contributed by atoms with Crippen molar-refractivity contribution in [3.63, 3.8) is 0 Å². The highest BCUT2D eigenvalue weighted by atomic mass is 16.5. The van der Waals surface area contributed by atoms with Gasteiger partial charge in [0.1, 0.15) is 0 Å². The molecule has 0 unspecified atom stereocenters. The lowest BCUT2D eigenvalue weighted by Gasteiger charge is -2.09. The molecule has 0 fully saturated rings. The Morgan fingerprint density at radius 1 is 1.50 bits per heavy atom. The van der Waals surface area contributed by atoms with Crippen LogP contribution in [0.2, 0.25) is 0 Å². The van der Waals surface area contributed by atoms with Gasteiger partial charge in [-0.1, -0.05) is 13.8 Å². The summed E-state index contributed by atoms with van der Waals surface area (Å²) in [7, 11) is 0. The molecule has 0 saturated carbocycles. The fourth-order valence-electron chi connectivity index (χ4n) is 0.571. The summed E-state index contributed by atoms with van der Waals surface area (Å²) in [6, 6.07) is 0. The standard InChI is InChI=1S/C8H16O2/c1-4-6-8(9)10-7(3)5-2/h7H,4-6H2,1-3H3/t7-/m0/s1. The summed E-state index contributed by atoms with van der Waals surface area (Å²) >= 11 is 0. The first-order valence-electron chi connectivity index (χ1n) is 3.90. The highest BCUT2D eigenvalue weighted by Crippen LogP contribution is 1.99. The predicted octanol–water partition coefficient (Wildman–Crippen LogP) is 2.13. The van der Waals surface area contributed by atoms with E-state index in [2.05, 4.69) is 0 Å². The van der Waals surface area contributed by atoms with Crippen LogP contribution in [0, 0.1) is 0 Å². The largest absolute Gasteiger partial charge is 0.463 e. The minimum atomic E-state index is -0.0724. The molecule has 0 radical (unpaired) electrons. The van der Waals surface area contributed by atoms with E-state index >= 15 is 0 Å². The maximum absolute atomic E-state index is 10.8. The van der Waals surface area contributed by atoms with E-state index in [0.29, 0.717) is 6.42 Å². The third-order valence-corrected chi connectivity index (χ3v) is 1.36. The molecule has 0 amide bonds. The number of rotatable bonds is 4. The SMILES string of the molecule is CCCC(=O)O[C@@H](C)CC. The van der Waals surface area contributed by atoms with Gasteiger partial charge in [-0.25, -0.2) is 0 Å². The molecule has 0 aliphatic carbocycles. The van der Waals surface area contributed by atoms with Gasteiger partial charge in [0.15, 0.2) is 0 Å². The summed E-state index contributed by atoms with van der Waals surface area (Å²) in [5.41, 5.74) is 0. The molecule has 0 aliphatic heterocycles. The van der Waals surface area contributed by atoms with E-state index in [1.165, 1.54) is 0 Å². The van der Waals surface area contributed by atoms with Gasteiger partial charge in [0, 0.05) is 6.42 Å². The maximum atomic E-state index is 10.8. The van der Waals surface area contributed by atoms with E-state index in [4.69, 9.17) is 4.74 Å². The van der Waals surface area contributed by atoms with Gasteiger partial charge < -0.3 is 4.74 Å². The lowest BCUT2D eigenvalue weighted by Crippen LogP contribution is -2.12. The van der Waals surface area contributed by atoms with Crippen LogP contribution in [0.1, 0.15) is 40.0 Å². The van der Waals surface area contributed by atoms with Crippen molar-refractivity contribution in [2.24, 2.45) is 0 Å². The normalized spacial score (nSPS) is 12.7. The van der Waals surface area contributed by atoms with E-state index in [1.807, 2.05) is 20.8 Å². The third kappa shape index (κ3) is 4.36. The second-order valence-electron chi connectivity index (χ2n) is 2.46. The molecule has 0 aromatic heterocycles. The molecule has 0 N–H and O–H groups in total. The Morgan fingerprint density at radius 2 is 2.10 bits per heavy atom. The van der Waals surface area contributed by atoms with Gasteiger partial charge in [0.2, 0.25) is 0 Å². The quantitative estimate of drug-likeness (QED) is 0.565. The van der Waals surface area contributed by atoms with Gasteiger partial charge in [0.05, 0.1) is 6.10 Å². The first-order valence-corrected chi connectivity index (χ1v) is 3.90. The van der Waals surface area contributed by atoms with Crippen molar-refractivity contribution in [1.82, 2.24) is 0 Å². The number of carbonyl (C=O) groups is 1. The summed E-state index contributed by atoms with van der Waals surface area (Å²) in [5, 5.41) is 0. The summed E-state index contributed by atoms with van der Waals surface area (Å²) in [6.45, 7) is 5.88. The molecule has 0 aromatic carbocycles. The zero-order valence-corrected chi connectivity index (χ0v) is 7.02. The number of carbonyl (C=O) groups excluding carboxylic acids is 1. The Morgan fingerprint density at radius 3 is 2.50 bits per heavy atom. The van der Waals surface area contributed by atoms with Crippen molar-refractivity contribution < 1.29 is 9.53 Å². The molecule has 0 aliphatic rings. The summed E-state index contributed by atoms with van der Waals surface area (Å²) in [6.07, 6.45) is 2.40. The molecule has 2 nitrogen and oxygen atoms in total. The Balaban J connectivity index is 3.37. The van der Waals surface area contributed by atoms with Crippen LogP contribution in [-0.4, -0.2) is 12.1 Å². The fraction of sp³-hybridized carbons (Fsp3) is 0.875. The van der Waals surface area contributed by atoms with Crippen LogP contribution in [0.3, 0.4) is 0 Å². The molecule has 0 aromatic rings. The van der Waals surface area contributed by atoms with Gasteiger partial charge in [-0.05, 0) is 19.8 Å². The van der Waals surface area contributed by atoms with Crippen molar-refractivity contribution in [3.05, 3.63) is 0 Å². The molecule has 0 saturated heterocycles. The van der Waals surface area contributed by atoms with E-state index in [1.54, 1.807) is 0 Å². The van der Waals surface area contributed by atoms with E-state index < -0.39 is 0 Å². The summed E-state index contributed by atoms with van der Waals surface area (Å²) in [4.78, 5) is 10.8. The average molecular weight is 144 g/mol. The number of hydrogen-bond donors (Lipinski definition) is 0. The highest BCUT2D eigenvalue weighted by Gasteiger charge is 2.04. The Kier molecular flexibility index (Phi) is 4.99. The lowest BCUT2D eigenvalue weighted by atomic mass is 10.3. The minimum absolute atomic E-state index is 0.0724. The second-order valence-corrected chi connectivity index (χ2v) is 2.46. The molecule has 1 atom stereocenters. The third-order valence-electron chi connectivity index (χ3n) is 1.36. The Bertz CT molecular complexity index is 99.4. The van der Waals surface area contributed by atoms with Crippen LogP contribution in [-0.2, 0) is 9.53 Å². The van der Waals surface area contributed by atoms with E-state index in [-0.39, 0.29) is 12.1 Å². The van der Waals surface area contributed by atoms with Crippen molar-refractivity contribution in [2.75, 3.05) is 0 Å². The Labute approximate surface area is 62.6 Å². The number of hydrogen-bond acceptors (Lipinski definition) is 2. The topological polar surface area (TPSA) is 26.3 Å². The van der Waals surface area contributed by atoms with E-state index in [0.717, 1.165) is 12.8 Å². The molecule has 0 rings (SSSR count). The van der Waals surface area contributed by atoms with E-state index in [9.17, 15) is 4.79 Å². The van der Waals surface area contributed by atoms with Crippen molar-refractivity contribution in [2.45, 2.75) is 46.1 Å². The maximum Gasteiger partial charge on any atom is 0.306 e. The lowest BCUT2D eigenvalue weighted by molar-refractivity contribution is -0.148. The van der Waals surface area contributed by atoms with Gasteiger partial charge >= 0.3 is 5.97 Å². The van der Waals surface area contributed by atoms with Crippen LogP contribution in [0.25, 0.3) is 0 Å². The zero-order valence-electron chi connectivity index (χ0n) is 7.02. The molecule has 0 bridgehead atoms. The number of ether oxygens (including phenoxy) is 1. The average Bonchev–Trinajstić information content (AvgIpc) is 1.88. The van der Waals surface area contributed by atoms with Gasteiger partial charge in [-0.3, -0.25) is 4.79 Å². The molecule has 10 heavy (non-hydrogen) atoms.